The van der Waals surface area contributed by atoms with E-state index in [0.717, 1.165) is 24.3 Å². The number of carbonyl (C=O) groups is 1. The molecule has 0 aliphatic heterocycles. The highest BCUT2D eigenvalue weighted by atomic mass is 19.4. The lowest BCUT2D eigenvalue weighted by Gasteiger charge is -2.13. The zero-order chi connectivity index (χ0) is 23.5. The third-order valence-electron chi connectivity index (χ3n) is 4.56. The molecule has 0 fully saturated rings. The third kappa shape index (κ3) is 4.76. The second kappa shape index (κ2) is 9.16. The van der Waals surface area contributed by atoms with Crippen molar-refractivity contribution < 1.29 is 36.7 Å². The average Bonchev–Trinajstić information content (AvgIpc) is 3.28. The molecule has 3 aromatic rings. The van der Waals surface area contributed by atoms with E-state index in [2.05, 4.69) is 15.5 Å². The van der Waals surface area contributed by atoms with Crippen LogP contribution in [0.25, 0.3) is 11.4 Å². The van der Waals surface area contributed by atoms with Gasteiger partial charge in [0.15, 0.2) is 11.5 Å². The lowest BCUT2D eigenvalue weighted by molar-refractivity contribution is -0.137. The molecule has 32 heavy (non-hydrogen) atoms. The van der Waals surface area contributed by atoms with Crippen LogP contribution in [0.1, 0.15) is 34.8 Å². The fraction of sp³-hybridized carbons (Fsp3) is 0.286. The fourth-order valence-electron chi connectivity index (χ4n) is 2.89. The van der Waals surface area contributed by atoms with Gasteiger partial charge >= 0.3 is 6.18 Å². The molecular formula is C21H20F3N3O5. The van der Waals surface area contributed by atoms with Gasteiger partial charge in [-0.1, -0.05) is 5.16 Å². The third-order valence-corrected chi connectivity index (χ3v) is 4.56. The molecule has 0 unspecified atom stereocenters. The molecule has 1 N–H and O–H groups in total. The van der Waals surface area contributed by atoms with Gasteiger partial charge in [0.1, 0.15) is 6.04 Å². The SMILES string of the molecule is COc1cc(-c2noc([C@@H](C)NC(=O)c3ccc(C(F)(F)F)cc3)n2)cc(OC)c1OC. The zero-order valence-corrected chi connectivity index (χ0v) is 17.6. The van der Waals surface area contributed by atoms with Crippen LogP contribution in [0.15, 0.2) is 40.9 Å². The molecule has 1 heterocycles. The van der Waals surface area contributed by atoms with Crippen LogP contribution < -0.4 is 19.5 Å². The Morgan fingerprint density at radius 1 is 1.03 bits per heavy atom. The summed E-state index contributed by atoms with van der Waals surface area (Å²) in [4.78, 5) is 16.7. The van der Waals surface area contributed by atoms with Gasteiger partial charge in [0, 0.05) is 11.1 Å². The molecule has 0 aliphatic carbocycles. The number of carbonyl (C=O) groups excluding carboxylic acids is 1. The number of halogens is 3. The van der Waals surface area contributed by atoms with Gasteiger partial charge in [0.2, 0.25) is 17.5 Å². The standard InChI is InChI=1S/C21H20F3N3O5/c1-11(25-19(28)12-5-7-14(8-6-12)21(22,23)24)20-26-18(27-32-20)13-9-15(29-2)17(31-4)16(10-13)30-3/h5-11H,1-4H3,(H,25,28)/t11-/m1/s1. The quantitative estimate of drug-likeness (QED) is 0.573. The molecule has 0 radical (unpaired) electrons. The Balaban J connectivity index is 1.77. The summed E-state index contributed by atoms with van der Waals surface area (Å²) in [5, 5.41) is 6.53. The van der Waals surface area contributed by atoms with Gasteiger partial charge in [-0.3, -0.25) is 4.79 Å². The summed E-state index contributed by atoms with van der Waals surface area (Å²) in [6, 6.07) is 6.46. The number of nitrogens with one attached hydrogen (secondary N) is 1. The van der Waals surface area contributed by atoms with Crippen LogP contribution in [0, 0.1) is 0 Å². The second-order valence-corrected chi connectivity index (χ2v) is 6.64. The predicted molar refractivity (Wildman–Crippen MR) is 107 cm³/mol. The average molecular weight is 451 g/mol. The molecular weight excluding hydrogens is 431 g/mol. The Morgan fingerprint density at radius 2 is 1.62 bits per heavy atom. The lowest BCUT2D eigenvalue weighted by atomic mass is 10.1. The largest absolute Gasteiger partial charge is 0.493 e. The van der Waals surface area contributed by atoms with Crippen molar-refractivity contribution in [1.82, 2.24) is 15.5 Å². The number of alkyl halides is 3. The molecule has 170 valence electrons. The molecule has 0 spiro atoms. The van der Waals surface area contributed by atoms with E-state index in [0.29, 0.717) is 22.8 Å². The highest BCUT2D eigenvalue weighted by molar-refractivity contribution is 5.94. The van der Waals surface area contributed by atoms with Crippen molar-refractivity contribution >= 4 is 5.91 Å². The molecule has 0 bridgehead atoms. The van der Waals surface area contributed by atoms with Gasteiger partial charge in [-0.15, -0.1) is 0 Å². The Kier molecular flexibility index (Phi) is 6.56. The highest BCUT2D eigenvalue weighted by Crippen LogP contribution is 2.40. The number of hydrogen-bond acceptors (Lipinski definition) is 7. The first kappa shape index (κ1) is 22.9. The van der Waals surface area contributed by atoms with E-state index in [-0.39, 0.29) is 17.3 Å². The summed E-state index contributed by atoms with van der Waals surface area (Å²) in [7, 11) is 4.43. The van der Waals surface area contributed by atoms with Crippen molar-refractivity contribution in [2.24, 2.45) is 0 Å². The Labute approximate surface area is 181 Å². The topological polar surface area (TPSA) is 95.7 Å². The van der Waals surface area contributed by atoms with E-state index < -0.39 is 23.7 Å². The first-order valence-corrected chi connectivity index (χ1v) is 9.30. The van der Waals surface area contributed by atoms with E-state index in [1.165, 1.54) is 21.3 Å². The molecule has 1 aromatic heterocycles. The van der Waals surface area contributed by atoms with E-state index in [1.807, 2.05) is 0 Å². The number of ether oxygens (including phenoxy) is 3. The minimum atomic E-state index is -4.48. The molecule has 3 rings (SSSR count). The monoisotopic (exact) mass is 451 g/mol. The minimum Gasteiger partial charge on any atom is -0.493 e. The van der Waals surface area contributed by atoms with Gasteiger partial charge in [-0.25, -0.2) is 0 Å². The minimum absolute atomic E-state index is 0.0641. The molecule has 1 amide bonds. The first-order chi connectivity index (χ1) is 15.2. The Bertz CT molecular complexity index is 1070. The van der Waals surface area contributed by atoms with Crippen LogP contribution in [-0.2, 0) is 6.18 Å². The maximum absolute atomic E-state index is 12.7. The van der Waals surface area contributed by atoms with Crippen molar-refractivity contribution in [2.75, 3.05) is 21.3 Å². The molecule has 0 saturated heterocycles. The number of methoxy groups -OCH3 is 3. The summed E-state index contributed by atoms with van der Waals surface area (Å²) < 4.78 is 59.2. The molecule has 2 aromatic carbocycles. The van der Waals surface area contributed by atoms with E-state index >= 15 is 0 Å². The molecule has 0 saturated carbocycles. The number of amides is 1. The van der Waals surface area contributed by atoms with Crippen molar-refractivity contribution in [3.8, 4) is 28.6 Å². The number of rotatable bonds is 7. The van der Waals surface area contributed by atoms with Crippen LogP contribution in [0.5, 0.6) is 17.2 Å². The number of hydrogen-bond donors (Lipinski definition) is 1. The van der Waals surface area contributed by atoms with E-state index in [4.69, 9.17) is 18.7 Å². The predicted octanol–water partition coefficient (Wildman–Crippen LogP) is 4.27. The molecule has 8 nitrogen and oxygen atoms in total. The smallest absolute Gasteiger partial charge is 0.416 e. The van der Waals surface area contributed by atoms with Crippen LogP contribution in [-0.4, -0.2) is 37.4 Å². The van der Waals surface area contributed by atoms with Crippen molar-refractivity contribution in [3.05, 3.63) is 53.4 Å². The lowest BCUT2D eigenvalue weighted by Crippen LogP contribution is -2.27. The van der Waals surface area contributed by atoms with Crippen LogP contribution in [0.2, 0.25) is 0 Å². The summed E-state index contributed by atoms with van der Waals surface area (Å²) in [5.41, 5.74) is -0.251. The normalized spacial score (nSPS) is 12.2. The van der Waals surface area contributed by atoms with Gasteiger partial charge in [-0.2, -0.15) is 18.2 Å². The molecule has 11 heteroatoms. The van der Waals surface area contributed by atoms with Gasteiger partial charge in [0.05, 0.1) is 26.9 Å². The van der Waals surface area contributed by atoms with Gasteiger partial charge in [-0.05, 0) is 43.3 Å². The number of aromatic nitrogens is 2. The van der Waals surface area contributed by atoms with Crippen molar-refractivity contribution in [1.29, 1.82) is 0 Å². The summed E-state index contributed by atoms with van der Waals surface area (Å²) in [5.74, 6) is 0.941. The maximum atomic E-state index is 12.7. The Hall–Kier alpha value is -3.76. The molecule has 0 aliphatic rings. The highest BCUT2D eigenvalue weighted by Gasteiger charge is 2.30. The number of nitrogens with zero attached hydrogens (tertiary/aromatic N) is 2. The van der Waals surface area contributed by atoms with Crippen LogP contribution in [0.3, 0.4) is 0 Å². The van der Waals surface area contributed by atoms with Crippen molar-refractivity contribution in [3.63, 3.8) is 0 Å². The van der Waals surface area contributed by atoms with Crippen molar-refractivity contribution in [2.45, 2.75) is 19.1 Å². The zero-order valence-electron chi connectivity index (χ0n) is 17.6. The molecule has 1 atom stereocenters. The van der Waals surface area contributed by atoms with Gasteiger partial charge < -0.3 is 24.1 Å². The van der Waals surface area contributed by atoms with E-state index in [9.17, 15) is 18.0 Å². The second-order valence-electron chi connectivity index (χ2n) is 6.64. The van der Waals surface area contributed by atoms with Gasteiger partial charge in [0.25, 0.3) is 5.91 Å². The van der Waals surface area contributed by atoms with Crippen LogP contribution >= 0.6 is 0 Å². The summed E-state index contributed by atoms with van der Waals surface area (Å²) >= 11 is 0. The summed E-state index contributed by atoms with van der Waals surface area (Å²) in [6.07, 6.45) is -4.48. The number of benzene rings is 2. The first-order valence-electron chi connectivity index (χ1n) is 9.30. The van der Waals surface area contributed by atoms with E-state index in [1.54, 1.807) is 19.1 Å². The van der Waals surface area contributed by atoms with Crippen LogP contribution in [0.4, 0.5) is 13.2 Å². The maximum Gasteiger partial charge on any atom is 0.416 e. The Morgan fingerprint density at radius 3 is 2.12 bits per heavy atom. The summed E-state index contributed by atoms with van der Waals surface area (Å²) in [6.45, 7) is 1.61. The fourth-order valence-corrected chi connectivity index (χ4v) is 2.89.